The van der Waals surface area contributed by atoms with Gasteiger partial charge in [0.2, 0.25) is 0 Å². The van der Waals surface area contributed by atoms with Crippen molar-refractivity contribution in [3.63, 3.8) is 0 Å². The van der Waals surface area contributed by atoms with Gasteiger partial charge in [0, 0.05) is 12.2 Å². The number of aromatic nitrogens is 1. The van der Waals surface area contributed by atoms with Crippen LogP contribution in [0.4, 0.5) is 8.78 Å². The average molecular weight is 402 g/mol. The maximum absolute atomic E-state index is 14.6. The van der Waals surface area contributed by atoms with Crippen LogP contribution >= 0.6 is 0 Å². The van der Waals surface area contributed by atoms with Crippen LogP contribution in [0.5, 0.6) is 0 Å². The molecule has 1 N–H and O–H groups in total. The number of amides is 1. The first-order valence-corrected chi connectivity index (χ1v) is 9.60. The molecule has 0 bridgehead atoms. The van der Waals surface area contributed by atoms with E-state index in [0.717, 1.165) is 16.8 Å². The molecule has 4 rings (SSSR count). The minimum Gasteiger partial charge on any atom is -0.348 e. The summed E-state index contributed by atoms with van der Waals surface area (Å²) in [4.78, 5) is 12.9. The van der Waals surface area contributed by atoms with Crippen LogP contribution in [0.1, 0.15) is 21.6 Å². The molecule has 0 saturated carbocycles. The second kappa shape index (κ2) is 8.33. The van der Waals surface area contributed by atoms with Gasteiger partial charge in [-0.3, -0.25) is 4.79 Å². The maximum Gasteiger partial charge on any atom is 0.253 e. The van der Waals surface area contributed by atoms with Crippen LogP contribution in [0.2, 0.25) is 0 Å². The fraction of sp³-hybridized carbons (Fsp3) is 0.0800. The molecule has 0 aliphatic heterocycles. The van der Waals surface area contributed by atoms with Crippen molar-refractivity contribution in [3.05, 3.63) is 113 Å². The van der Waals surface area contributed by atoms with E-state index in [4.69, 9.17) is 0 Å². The van der Waals surface area contributed by atoms with Crippen molar-refractivity contribution in [2.24, 2.45) is 0 Å². The summed E-state index contributed by atoms with van der Waals surface area (Å²) in [5, 5.41) is 2.87. The van der Waals surface area contributed by atoms with Crippen LogP contribution in [-0.2, 0) is 6.54 Å². The zero-order valence-corrected chi connectivity index (χ0v) is 16.4. The molecule has 3 nitrogen and oxygen atoms in total. The zero-order valence-electron chi connectivity index (χ0n) is 16.4. The number of rotatable bonds is 5. The maximum atomic E-state index is 14.6. The standard InChI is InChI=1S/C25H20F2N2O/c1-17-21(25(30)28-16-18-11-13-20(26)14-12-18)15-24(19-7-3-2-4-8-19)29(17)23-10-6-5-9-22(23)27/h2-15H,16H2,1H3,(H,28,30). The molecule has 0 saturated heterocycles. The molecule has 3 aromatic carbocycles. The number of benzene rings is 3. The van der Waals surface area contributed by atoms with Gasteiger partial charge in [-0.2, -0.15) is 0 Å². The number of para-hydroxylation sites is 1. The van der Waals surface area contributed by atoms with E-state index >= 15 is 0 Å². The Labute approximate surface area is 173 Å². The molecule has 0 fully saturated rings. The van der Waals surface area contributed by atoms with Crippen molar-refractivity contribution in [3.8, 4) is 16.9 Å². The van der Waals surface area contributed by atoms with Gasteiger partial charge in [-0.15, -0.1) is 0 Å². The van der Waals surface area contributed by atoms with Crippen molar-refractivity contribution in [2.75, 3.05) is 0 Å². The predicted molar refractivity (Wildman–Crippen MR) is 113 cm³/mol. The van der Waals surface area contributed by atoms with Gasteiger partial charge >= 0.3 is 0 Å². The van der Waals surface area contributed by atoms with Gasteiger partial charge in [-0.05, 0) is 48.4 Å². The van der Waals surface area contributed by atoms with Gasteiger partial charge in [0.25, 0.3) is 5.91 Å². The summed E-state index contributed by atoms with van der Waals surface area (Å²) >= 11 is 0. The van der Waals surface area contributed by atoms with Crippen molar-refractivity contribution in [1.29, 1.82) is 0 Å². The predicted octanol–water partition coefficient (Wildman–Crippen LogP) is 5.66. The highest BCUT2D eigenvalue weighted by Gasteiger charge is 2.21. The highest BCUT2D eigenvalue weighted by atomic mass is 19.1. The number of carbonyl (C=O) groups excluding carboxylic acids is 1. The molecular formula is C25H20F2N2O. The number of halogens is 2. The molecule has 1 aromatic heterocycles. The van der Waals surface area contributed by atoms with E-state index in [2.05, 4.69) is 5.32 Å². The smallest absolute Gasteiger partial charge is 0.253 e. The van der Waals surface area contributed by atoms with E-state index in [1.54, 1.807) is 47.9 Å². The van der Waals surface area contributed by atoms with Crippen LogP contribution in [0.15, 0.2) is 84.9 Å². The minimum absolute atomic E-state index is 0.268. The number of nitrogens with one attached hydrogen (secondary N) is 1. The first-order valence-electron chi connectivity index (χ1n) is 9.60. The van der Waals surface area contributed by atoms with Gasteiger partial charge in [-0.25, -0.2) is 8.78 Å². The summed E-state index contributed by atoms with van der Waals surface area (Å²) in [7, 11) is 0. The Kier molecular flexibility index (Phi) is 5.44. The van der Waals surface area contributed by atoms with E-state index in [-0.39, 0.29) is 24.1 Å². The molecule has 4 aromatic rings. The molecule has 150 valence electrons. The fourth-order valence-electron chi connectivity index (χ4n) is 3.48. The molecule has 0 spiro atoms. The fourth-order valence-corrected chi connectivity index (χ4v) is 3.48. The van der Waals surface area contributed by atoms with E-state index in [9.17, 15) is 13.6 Å². The van der Waals surface area contributed by atoms with E-state index in [1.165, 1.54) is 18.2 Å². The molecule has 0 unspecified atom stereocenters. The molecule has 0 aliphatic rings. The van der Waals surface area contributed by atoms with Crippen LogP contribution in [0, 0.1) is 18.6 Å². The minimum atomic E-state index is -0.369. The normalized spacial score (nSPS) is 10.8. The lowest BCUT2D eigenvalue weighted by atomic mass is 10.1. The lowest BCUT2D eigenvalue weighted by Gasteiger charge is -2.13. The quantitative estimate of drug-likeness (QED) is 0.459. The Bertz CT molecular complexity index is 1180. The Balaban J connectivity index is 1.73. The van der Waals surface area contributed by atoms with Gasteiger partial charge in [0.1, 0.15) is 11.6 Å². The Morgan fingerprint density at radius 2 is 1.57 bits per heavy atom. The average Bonchev–Trinajstić information content (AvgIpc) is 3.11. The molecule has 30 heavy (non-hydrogen) atoms. The summed E-state index contributed by atoms with van der Waals surface area (Å²) in [6.45, 7) is 2.07. The summed E-state index contributed by atoms with van der Waals surface area (Å²) in [5.74, 6) is -0.967. The third-order valence-electron chi connectivity index (χ3n) is 5.02. The van der Waals surface area contributed by atoms with Crippen molar-refractivity contribution < 1.29 is 13.6 Å². The summed E-state index contributed by atoms with van der Waals surface area (Å²) in [6.07, 6.45) is 0. The first-order chi connectivity index (χ1) is 14.5. The number of carbonyl (C=O) groups is 1. The van der Waals surface area contributed by atoms with Gasteiger partial charge in [0.05, 0.1) is 16.9 Å². The Morgan fingerprint density at radius 3 is 2.27 bits per heavy atom. The van der Waals surface area contributed by atoms with Crippen molar-refractivity contribution >= 4 is 5.91 Å². The van der Waals surface area contributed by atoms with Crippen molar-refractivity contribution in [2.45, 2.75) is 13.5 Å². The van der Waals surface area contributed by atoms with Crippen LogP contribution in [0.3, 0.4) is 0 Å². The van der Waals surface area contributed by atoms with Gasteiger partial charge < -0.3 is 9.88 Å². The molecule has 0 aliphatic carbocycles. The number of hydrogen-bond donors (Lipinski definition) is 1. The third kappa shape index (κ3) is 3.87. The number of nitrogens with zero attached hydrogens (tertiary/aromatic N) is 1. The second-order valence-electron chi connectivity index (χ2n) is 6.99. The molecule has 0 atom stereocenters. The largest absolute Gasteiger partial charge is 0.348 e. The third-order valence-corrected chi connectivity index (χ3v) is 5.02. The summed E-state index contributed by atoms with van der Waals surface area (Å²) in [6, 6.07) is 23.8. The highest BCUT2D eigenvalue weighted by molar-refractivity contribution is 5.97. The highest BCUT2D eigenvalue weighted by Crippen LogP contribution is 2.30. The summed E-state index contributed by atoms with van der Waals surface area (Å²) < 4.78 is 29.5. The van der Waals surface area contributed by atoms with Crippen molar-refractivity contribution in [1.82, 2.24) is 9.88 Å². The molecule has 0 radical (unpaired) electrons. The van der Waals surface area contributed by atoms with E-state index in [1.807, 2.05) is 30.3 Å². The van der Waals surface area contributed by atoms with Gasteiger partial charge in [-0.1, -0.05) is 54.6 Å². The molecular weight excluding hydrogens is 382 g/mol. The van der Waals surface area contributed by atoms with E-state index < -0.39 is 0 Å². The zero-order chi connectivity index (χ0) is 21.1. The Morgan fingerprint density at radius 1 is 0.900 bits per heavy atom. The van der Waals surface area contributed by atoms with Crippen LogP contribution < -0.4 is 5.32 Å². The monoisotopic (exact) mass is 402 g/mol. The Hall–Kier alpha value is -3.73. The second-order valence-corrected chi connectivity index (χ2v) is 6.99. The lowest BCUT2D eigenvalue weighted by Crippen LogP contribution is -2.23. The van der Waals surface area contributed by atoms with E-state index in [0.29, 0.717) is 16.9 Å². The number of hydrogen-bond acceptors (Lipinski definition) is 1. The van der Waals surface area contributed by atoms with Crippen LogP contribution in [0.25, 0.3) is 16.9 Å². The molecule has 1 heterocycles. The van der Waals surface area contributed by atoms with Gasteiger partial charge in [0.15, 0.2) is 0 Å². The lowest BCUT2D eigenvalue weighted by molar-refractivity contribution is 0.0950. The van der Waals surface area contributed by atoms with Crippen LogP contribution in [-0.4, -0.2) is 10.5 Å². The SMILES string of the molecule is Cc1c(C(=O)NCc2ccc(F)cc2)cc(-c2ccccc2)n1-c1ccccc1F. The topological polar surface area (TPSA) is 34.0 Å². The summed E-state index contributed by atoms with van der Waals surface area (Å²) in [5.41, 5.74) is 3.87. The first kappa shape index (κ1) is 19.6. The molecule has 5 heteroatoms. The molecule has 1 amide bonds.